The highest BCUT2D eigenvalue weighted by Gasteiger charge is 2.50. The zero-order chi connectivity index (χ0) is 36.6. The summed E-state index contributed by atoms with van der Waals surface area (Å²) in [5, 5.41) is 0. The third kappa shape index (κ3) is 9.45. The largest absolute Gasteiger partial charge is 0.456 e. The summed E-state index contributed by atoms with van der Waals surface area (Å²) >= 11 is 0. The fourth-order valence-electron chi connectivity index (χ4n) is 10.00. The number of hydrogen-bond donors (Lipinski definition) is 0. The first-order chi connectivity index (χ1) is 24.1. The quantitative estimate of drug-likeness (QED) is 0.0728. The molecule has 4 saturated carbocycles. The summed E-state index contributed by atoms with van der Waals surface area (Å²) < 4.78 is 25.4. The first-order valence-corrected chi connectivity index (χ1v) is 28.1. The maximum atomic E-state index is 12.6. The fourth-order valence-corrected chi connectivity index (χ4v) is 24.1. The highest BCUT2D eigenvalue weighted by atomic mass is 28.5. The average Bonchev–Trinajstić information content (AvgIpc) is 3.87. The van der Waals surface area contributed by atoms with E-state index in [0.717, 1.165) is 63.5 Å². The second-order valence-corrected chi connectivity index (χ2v) is 29.9. The van der Waals surface area contributed by atoms with Crippen LogP contribution >= 0.6 is 0 Å². The van der Waals surface area contributed by atoms with Crippen LogP contribution in [0.5, 0.6) is 0 Å². The molecule has 4 fully saturated rings. The standard InChI is InChI=1S/C40H56O8Si3/c1-49(2,19-17-29-21-33-23-31(29)25-35(33)45-39(43)37(41)27-13-9-7-10-14-27)47-51(5,6)48-50(3,4)20-18-30-22-34-24-32(30)26-36(34)46-40(44)38(42)28-15-11-8-12-16-28/h7-16,29-36H,17-26H2,1-6H3. The van der Waals surface area contributed by atoms with E-state index in [-0.39, 0.29) is 12.2 Å². The van der Waals surface area contributed by atoms with E-state index in [1.165, 1.54) is 0 Å². The van der Waals surface area contributed by atoms with E-state index in [4.69, 9.17) is 17.7 Å². The van der Waals surface area contributed by atoms with Gasteiger partial charge in [-0.15, -0.1) is 0 Å². The molecule has 4 bridgehead atoms. The Bertz CT molecular complexity index is 1460. The molecule has 4 aliphatic carbocycles. The zero-order valence-corrected chi connectivity index (χ0v) is 34.2. The Morgan fingerprint density at radius 3 is 1.24 bits per heavy atom. The number of hydrogen-bond acceptors (Lipinski definition) is 8. The molecule has 51 heavy (non-hydrogen) atoms. The number of benzene rings is 2. The molecule has 0 amide bonds. The molecule has 0 aromatic heterocycles. The van der Waals surface area contributed by atoms with Crippen molar-refractivity contribution in [3.8, 4) is 0 Å². The van der Waals surface area contributed by atoms with Gasteiger partial charge in [-0.2, -0.15) is 0 Å². The number of esters is 2. The van der Waals surface area contributed by atoms with E-state index in [9.17, 15) is 19.2 Å². The molecular weight excluding hydrogens is 693 g/mol. The fraction of sp³-hybridized carbons (Fsp3) is 0.600. The van der Waals surface area contributed by atoms with Gasteiger partial charge in [0.15, 0.2) is 16.6 Å². The maximum absolute atomic E-state index is 12.6. The van der Waals surface area contributed by atoms with E-state index < -0.39 is 48.7 Å². The topological polar surface area (TPSA) is 105 Å². The molecule has 6 rings (SSSR count). The van der Waals surface area contributed by atoms with Crippen LogP contribution in [0.15, 0.2) is 60.7 Å². The normalized spacial score (nSPS) is 28.5. The molecule has 4 aliphatic rings. The summed E-state index contributed by atoms with van der Waals surface area (Å²) in [7, 11) is -6.31. The van der Waals surface area contributed by atoms with Crippen LogP contribution in [0.25, 0.3) is 0 Å². The number of ether oxygens (including phenoxy) is 2. The molecule has 0 spiro atoms. The van der Waals surface area contributed by atoms with Crippen molar-refractivity contribution in [2.24, 2.45) is 35.5 Å². The molecule has 276 valence electrons. The van der Waals surface area contributed by atoms with E-state index in [1.807, 2.05) is 12.1 Å². The molecule has 2 aromatic rings. The number of fused-ring (bicyclic) bond motifs is 4. The van der Waals surface area contributed by atoms with Gasteiger partial charge in [0.05, 0.1) is 0 Å². The lowest BCUT2D eigenvalue weighted by atomic mass is 9.85. The molecule has 0 aliphatic heterocycles. The van der Waals surface area contributed by atoms with Crippen molar-refractivity contribution in [3.63, 3.8) is 0 Å². The van der Waals surface area contributed by atoms with Crippen LogP contribution in [0.2, 0.25) is 51.4 Å². The van der Waals surface area contributed by atoms with Crippen LogP contribution in [0.4, 0.5) is 0 Å². The van der Waals surface area contributed by atoms with Gasteiger partial charge in [-0.1, -0.05) is 73.5 Å². The third-order valence-electron chi connectivity index (χ3n) is 12.1. The Hall–Kier alpha value is -2.71. The highest BCUT2D eigenvalue weighted by Crippen LogP contribution is 2.53. The van der Waals surface area contributed by atoms with E-state index in [2.05, 4.69) is 39.3 Å². The van der Waals surface area contributed by atoms with E-state index >= 15 is 0 Å². The van der Waals surface area contributed by atoms with E-state index in [1.54, 1.807) is 48.5 Å². The Morgan fingerprint density at radius 2 is 0.902 bits per heavy atom. The summed E-state index contributed by atoms with van der Waals surface area (Å²) in [4.78, 5) is 50.2. The van der Waals surface area contributed by atoms with Crippen LogP contribution in [0.3, 0.4) is 0 Å². The molecule has 0 saturated heterocycles. The van der Waals surface area contributed by atoms with Crippen molar-refractivity contribution in [1.29, 1.82) is 0 Å². The number of carbonyl (C=O) groups excluding carboxylic acids is 4. The molecule has 11 heteroatoms. The molecule has 2 aromatic carbocycles. The minimum atomic E-state index is -2.35. The lowest BCUT2D eigenvalue weighted by Crippen LogP contribution is -2.52. The number of carbonyl (C=O) groups is 4. The lowest BCUT2D eigenvalue weighted by molar-refractivity contribution is -0.146. The Labute approximate surface area is 306 Å². The van der Waals surface area contributed by atoms with Crippen LogP contribution in [-0.4, -0.2) is 60.9 Å². The van der Waals surface area contributed by atoms with Crippen LogP contribution in [0.1, 0.15) is 72.1 Å². The summed E-state index contributed by atoms with van der Waals surface area (Å²) in [6.45, 7) is 13.8. The summed E-state index contributed by atoms with van der Waals surface area (Å²) in [5.41, 5.74) is 0.764. The minimum Gasteiger partial charge on any atom is -0.456 e. The van der Waals surface area contributed by atoms with Gasteiger partial charge < -0.3 is 17.7 Å². The summed E-state index contributed by atoms with van der Waals surface area (Å²) in [5.74, 6) is 0.456. The summed E-state index contributed by atoms with van der Waals surface area (Å²) in [6.07, 6.45) is 7.97. The van der Waals surface area contributed by atoms with Crippen molar-refractivity contribution in [3.05, 3.63) is 71.8 Å². The number of ketones is 2. The molecule has 8 atom stereocenters. The maximum Gasteiger partial charge on any atom is 0.379 e. The van der Waals surface area contributed by atoms with Crippen molar-refractivity contribution >= 4 is 48.7 Å². The van der Waals surface area contributed by atoms with Gasteiger partial charge in [0.2, 0.25) is 0 Å². The Morgan fingerprint density at radius 1 is 0.529 bits per heavy atom. The van der Waals surface area contributed by atoms with Gasteiger partial charge >= 0.3 is 20.5 Å². The van der Waals surface area contributed by atoms with Crippen molar-refractivity contribution in [2.45, 2.75) is 115 Å². The number of Topliss-reactive ketones (excluding diaryl/α,β-unsaturated/α-hetero) is 2. The Kier molecular flexibility index (Phi) is 11.4. The van der Waals surface area contributed by atoms with Gasteiger partial charge in [-0.05, 0) is 125 Å². The minimum absolute atomic E-state index is 0.145. The van der Waals surface area contributed by atoms with Crippen LogP contribution in [-0.2, 0) is 27.3 Å². The van der Waals surface area contributed by atoms with Crippen molar-refractivity contribution < 1.29 is 36.9 Å². The predicted molar refractivity (Wildman–Crippen MR) is 203 cm³/mol. The second-order valence-electron chi connectivity index (χ2n) is 17.5. The molecular formula is C40H56O8Si3. The summed E-state index contributed by atoms with van der Waals surface area (Å²) in [6, 6.07) is 19.5. The molecule has 0 N–H and O–H groups in total. The van der Waals surface area contributed by atoms with E-state index in [0.29, 0.717) is 46.6 Å². The van der Waals surface area contributed by atoms with Gasteiger partial charge in [0, 0.05) is 11.1 Å². The Balaban J connectivity index is 0.899. The molecule has 0 radical (unpaired) electrons. The van der Waals surface area contributed by atoms with Crippen LogP contribution in [0, 0.1) is 35.5 Å². The van der Waals surface area contributed by atoms with Crippen molar-refractivity contribution in [2.75, 3.05) is 0 Å². The first-order valence-electron chi connectivity index (χ1n) is 19.1. The first kappa shape index (κ1) is 38.0. The van der Waals surface area contributed by atoms with Crippen molar-refractivity contribution in [1.82, 2.24) is 0 Å². The highest BCUT2D eigenvalue weighted by molar-refractivity contribution is 6.87. The van der Waals surface area contributed by atoms with Gasteiger partial charge in [0.25, 0.3) is 11.6 Å². The van der Waals surface area contributed by atoms with Gasteiger partial charge in [-0.3, -0.25) is 9.59 Å². The monoisotopic (exact) mass is 748 g/mol. The smallest absolute Gasteiger partial charge is 0.379 e. The SMILES string of the molecule is C[Si](C)(CCC1CC2CC1CC2OC(=O)C(=O)c1ccccc1)O[Si](C)(C)O[Si](C)(C)CCC1CC2CC1CC2OC(=O)C(=O)c1ccccc1. The lowest BCUT2D eigenvalue weighted by Gasteiger charge is -2.40. The zero-order valence-electron chi connectivity index (χ0n) is 31.2. The second kappa shape index (κ2) is 15.3. The molecule has 8 unspecified atom stereocenters. The number of rotatable bonds is 16. The molecule has 8 nitrogen and oxygen atoms in total. The van der Waals surface area contributed by atoms with Gasteiger partial charge in [-0.25, -0.2) is 9.59 Å². The van der Waals surface area contributed by atoms with Gasteiger partial charge in [0.1, 0.15) is 12.2 Å². The van der Waals surface area contributed by atoms with Crippen LogP contribution < -0.4 is 0 Å². The predicted octanol–water partition coefficient (Wildman–Crippen LogP) is 8.59. The molecule has 0 heterocycles. The average molecular weight is 749 g/mol. The third-order valence-corrected chi connectivity index (χ3v) is 23.5.